The third kappa shape index (κ3) is 28.0. The second-order valence-corrected chi connectivity index (χ2v) is 27.2. The van der Waals surface area contributed by atoms with E-state index in [1.165, 1.54) is 161 Å². The molecule has 0 spiro atoms. The van der Waals surface area contributed by atoms with Gasteiger partial charge < -0.3 is 19.3 Å². The number of Topliss-reactive ketones (excluding diaryl/α,β-unsaturated/α-hetero) is 1. The highest BCUT2D eigenvalue weighted by Gasteiger charge is 2.76. The molecule has 1 N–H and O–H groups in total. The molecular formula is C75H122O7. The first-order valence-corrected chi connectivity index (χ1v) is 33.6. The molecule has 0 aromatic heterocycles. The molecule has 1 aliphatic heterocycles. The summed E-state index contributed by atoms with van der Waals surface area (Å²) in [5.41, 5.74) is 5.27. The molecule has 82 heavy (non-hydrogen) atoms. The quantitative estimate of drug-likeness (QED) is 0.0162. The normalized spacial score (nSPS) is 23.8. The summed E-state index contributed by atoms with van der Waals surface area (Å²) in [6.07, 6.45) is 62.6. The van der Waals surface area contributed by atoms with E-state index in [2.05, 4.69) is 73.3 Å². The number of unbranched alkanes of at least 4 members (excludes halogenated alkanes) is 27. The monoisotopic (exact) mass is 1130 g/mol. The van der Waals surface area contributed by atoms with Crippen molar-refractivity contribution in [2.75, 3.05) is 0 Å². The molecule has 0 aromatic carbocycles. The summed E-state index contributed by atoms with van der Waals surface area (Å²) in [7, 11) is 0. The van der Waals surface area contributed by atoms with Gasteiger partial charge in [-0.1, -0.05) is 287 Å². The number of carbonyl (C=O) groups is 3. The van der Waals surface area contributed by atoms with E-state index < -0.39 is 16.8 Å². The lowest BCUT2D eigenvalue weighted by molar-refractivity contribution is -0.156. The largest absolute Gasteiger partial charge is 0.462 e. The molecule has 2 saturated carbocycles. The molecule has 5 atom stereocenters. The van der Waals surface area contributed by atoms with Gasteiger partial charge in [-0.15, -0.1) is 5.73 Å². The Kier molecular flexibility index (Phi) is 34.5. The molecule has 464 valence electrons. The minimum atomic E-state index is -1.13. The van der Waals surface area contributed by atoms with Gasteiger partial charge in [0, 0.05) is 43.1 Å². The Labute approximate surface area is 503 Å². The number of ether oxygens (including phenoxy) is 3. The third-order valence-corrected chi connectivity index (χ3v) is 18.1. The second kappa shape index (κ2) is 39.0. The second-order valence-electron chi connectivity index (χ2n) is 27.2. The molecule has 0 amide bonds. The third-order valence-electron chi connectivity index (χ3n) is 18.1. The predicted octanol–water partition coefficient (Wildman–Crippen LogP) is 21.4. The van der Waals surface area contributed by atoms with Crippen molar-refractivity contribution in [3.05, 3.63) is 100 Å². The SMILES string of the molecule is CCCCCCCCCCCCCCCCCC(=O)O[C@H]1CC(C)(C)[C@]2(CC(=O)/C(C)=C/C=C/C(C)=C/C=C/C=C(C)/C=C/C=C(\C)C=C=C3C(C)(C)C[C@H](OC(=O)CCCCCCCCCCCCCCCC)C[C@@]3(C)O)O[C@]2(C)C1. The zero-order valence-corrected chi connectivity index (χ0v) is 54.9. The van der Waals surface area contributed by atoms with E-state index >= 15 is 0 Å². The Bertz CT molecular complexity index is 2160. The van der Waals surface area contributed by atoms with E-state index in [0.29, 0.717) is 50.5 Å². The van der Waals surface area contributed by atoms with Crippen LogP contribution < -0.4 is 0 Å². The van der Waals surface area contributed by atoms with Gasteiger partial charge in [0.1, 0.15) is 17.8 Å². The average Bonchev–Trinajstić information content (AvgIpc) is 3.50. The summed E-state index contributed by atoms with van der Waals surface area (Å²) in [4.78, 5) is 39.4. The van der Waals surface area contributed by atoms with E-state index in [1.54, 1.807) is 0 Å². The zero-order valence-electron chi connectivity index (χ0n) is 54.9. The number of fused-ring (bicyclic) bond motifs is 1. The lowest BCUT2D eigenvalue weighted by atomic mass is 9.61. The molecule has 1 heterocycles. The van der Waals surface area contributed by atoms with Crippen molar-refractivity contribution in [3.8, 4) is 0 Å². The summed E-state index contributed by atoms with van der Waals surface area (Å²) in [6.45, 7) is 25.0. The van der Waals surface area contributed by atoms with E-state index in [0.717, 1.165) is 48.0 Å². The molecule has 0 unspecified atom stereocenters. The van der Waals surface area contributed by atoms with Crippen molar-refractivity contribution in [1.82, 2.24) is 0 Å². The van der Waals surface area contributed by atoms with Crippen LogP contribution in [0, 0.1) is 10.8 Å². The first-order chi connectivity index (χ1) is 39.1. The van der Waals surface area contributed by atoms with Crippen LogP contribution in [0.5, 0.6) is 0 Å². The Morgan fingerprint density at radius 2 is 0.878 bits per heavy atom. The van der Waals surface area contributed by atoms with Crippen LogP contribution >= 0.6 is 0 Å². The van der Waals surface area contributed by atoms with Crippen molar-refractivity contribution in [1.29, 1.82) is 0 Å². The van der Waals surface area contributed by atoms with Crippen molar-refractivity contribution < 1.29 is 33.7 Å². The first-order valence-electron chi connectivity index (χ1n) is 33.6. The zero-order chi connectivity index (χ0) is 60.3. The van der Waals surface area contributed by atoms with E-state index in [9.17, 15) is 19.5 Å². The summed E-state index contributed by atoms with van der Waals surface area (Å²) in [5.74, 6) is -0.168. The number of esters is 2. The van der Waals surface area contributed by atoms with Crippen LogP contribution in [-0.2, 0) is 28.6 Å². The van der Waals surface area contributed by atoms with Gasteiger partial charge in [-0.25, -0.2) is 0 Å². The fraction of sp³-hybridized carbons (Fsp3) is 0.733. The summed E-state index contributed by atoms with van der Waals surface area (Å²) >= 11 is 0. The van der Waals surface area contributed by atoms with Gasteiger partial charge in [-0.05, 0) is 89.9 Å². The predicted molar refractivity (Wildman–Crippen MR) is 347 cm³/mol. The van der Waals surface area contributed by atoms with Gasteiger partial charge in [0.2, 0.25) is 0 Å². The van der Waals surface area contributed by atoms with Gasteiger partial charge in [-0.2, -0.15) is 0 Å². The number of hydrogen-bond donors (Lipinski definition) is 1. The molecule has 3 rings (SSSR count). The van der Waals surface area contributed by atoms with Crippen LogP contribution in [0.4, 0.5) is 0 Å². The summed E-state index contributed by atoms with van der Waals surface area (Å²) in [6, 6.07) is 0. The fourth-order valence-corrected chi connectivity index (χ4v) is 13.2. The fourth-order valence-electron chi connectivity index (χ4n) is 13.2. The number of epoxide rings is 1. The Hall–Kier alpha value is -3.77. The van der Waals surface area contributed by atoms with Gasteiger partial charge in [0.15, 0.2) is 5.78 Å². The molecule has 0 aromatic rings. The Balaban J connectivity index is 1.35. The number of ketones is 1. The minimum absolute atomic E-state index is 0.0821. The highest BCUT2D eigenvalue weighted by Crippen LogP contribution is 2.67. The summed E-state index contributed by atoms with van der Waals surface area (Å²) in [5, 5.41) is 11.6. The van der Waals surface area contributed by atoms with Crippen LogP contribution in [0.1, 0.15) is 314 Å². The van der Waals surface area contributed by atoms with Gasteiger partial charge in [-0.3, -0.25) is 14.4 Å². The average molecular weight is 1140 g/mol. The maximum absolute atomic E-state index is 13.6. The summed E-state index contributed by atoms with van der Waals surface area (Å²) < 4.78 is 18.5. The number of allylic oxidation sites excluding steroid dienone is 14. The maximum Gasteiger partial charge on any atom is 0.306 e. The number of hydrogen-bond acceptors (Lipinski definition) is 7. The molecule has 7 heteroatoms. The van der Waals surface area contributed by atoms with Crippen LogP contribution in [0.25, 0.3) is 0 Å². The molecule has 3 aliphatic rings. The number of carbonyl (C=O) groups excluding carboxylic acids is 3. The minimum Gasteiger partial charge on any atom is -0.462 e. The van der Waals surface area contributed by atoms with Gasteiger partial charge in [0.25, 0.3) is 0 Å². The molecule has 2 aliphatic carbocycles. The van der Waals surface area contributed by atoms with Crippen LogP contribution in [0.15, 0.2) is 100 Å². The molecule has 7 nitrogen and oxygen atoms in total. The first kappa shape index (κ1) is 72.5. The maximum atomic E-state index is 13.6. The van der Waals surface area contributed by atoms with Crippen molar-refractivity contribution in [3.63, 3.8) is 0 Å². The highest BCUT2D eigenvalue weighted by molar-refractivity contribution is 5.96. The lowest BCUT2D eigenvalue weighted by Crippen LogP contribution is -2.49. The molecule has 0 radical (unpaired) electrons. The molecule has 0 bridgehead atoms. The van der Waals surface area contributed by atoms with Crippen LogP contribution in [-0.4, -0.2) is 51.8 Å². The molecular weight excluding hydrogens is 1010 g/mol. The van der Waals surface area contributed by atoms with Crippen LogP contribution in [0.3, 0.4) is 0 Å². The standard InChI is InChI=1S/C75H122O7/c1-13-15-17-19-21-23-25-27-29-31-33-35-37-39-41-53-70(78)81-66-57-72(9,10)75(74(12,59-66)82-75)60-67(76)64(6)51-45-50-62(4)47-43-42-46-61(3)48-44-49-63(5)54-55-68-71(7,8)56-65(58-73(68,11)79)80-69(77)52-40-38-36-34-32-30-28-26-24-22-20-18-16-14-2/h42-51,54,65-66,79H,13-41,52-53,56-60H2,1-12H3/b43-42+,48-44+,50-45+,61-46+,62-47+,63-49+,64-51+/t55?,65-,66-,73+,74+,75-/m0/s1. The van der Waals surface area contributed by atoms with E-state index in [1.807, 2.05) is 82.4 Å². The Morgan fingerprint density at radius 3 is 1.28 bits per heavy atom. The molecule has 3 fully saturated rings. The Morgan fingerprint density at radius 1 is 0.500 bits per heavy atom. The van der Waals surface area contributed by atoms with Crippen molar-refractivity contribution in [2.45, 2.75) is 343 Å². The van der Waals surface area contributed by atoms with Gasteiger partial charge in [0.05, 0.1) is 11.2 Å². The van der Waals surface area contributed by atoms with Gasteiger partial charge >= 0.3 is 11.9 Å². The smallest absolute Gasteiger partial charge is 0.306 e. The lowest BCUT2D eigenvalue weighted by Gasteiger charge is -2.44. The molecule has 1 saturated heterocycles. The van der Waals surface area contributed by atoms with Crippen molar-refractivity contribution in [2.24, 2.45) is 10.8 Å². The van der Waals surface area contributed by atoms with E-state index in [4.69, 9.17) is 14.2 Å². The van der Waals surface area contributed by atoms with Crippen molar-refractivity contribution >= 4 is 17.7 Å². The highest BCUT2D eigenvalue weighted by atomic mass is 16.6. The topological polar surface area (TPSA) is 102 Å². The van der Waals surface area contributed by atoms with E-state index in [-0.39, 0.29) is 40.8 Å². The van der Waals surface area contributed by atoms with Crippen LogP contribution in [0.2, 0.25) is 0 Å². The number of rotatable bonds is 43. The number of aliphatic hydroxyl groups is 1.